The van der Waals surface area contributed by atoms with Crippen molar-refractivity contribution in [3.05, 3.63) is 58.7 Å². The minimum atomic E-state index is 0.203. The third kappa shape index (κ3) is 2.72. The largest absolute Gasteiger partial charge is 0.0582 e. The first-order valence-corrected chi connectivity index (χ1v) is 8.43. The Bertz CT molecular complexity index is 642. The second-order valence-electron chi connectivity index (χ2n) is 8.74. The van der Waals surface area contributed by atoms with Crippen LogP contribution in [-0.4, -0.2) is 0 Å². The van der Waals surface area contributed by atoms with Gasteiger partial charge in [-0.15, -0.1) is 0 Å². The van der Waals surface area contributed by atoms with Gasteiger partial charge in [0.05, 0.1) is 0 Å². The fourth-order valence-electron chi connectivity index (χ4n) is 3.29. The molecule has 0 atom stereocenters. The van der Waals surface area contributed by atoms with Crippen LogP contribution in [0.4, 0.5) is 0 Å². The topological polar surface area (TPSA) is 0 Å². The Morgan fingerprint density at radius 2 is 0.955 bits per heavy atom. The summed E-state index contributed by atoms with van der Waals surface area (Å²) in [6.45, 7) is 13.8. The van der Waals surface area contributed by atoms with Gasteiger partial charge in [-0.1, -0.05) is 77.9 Å². The zero-order valence-electron chi connectivity index (χ0n) is 14.9. The molecule has 0 saturated carbocycles. The SMILES string of the molecule is CC(C)(C)c1ccc2c(c1)-c1cc(C(C)(C)C)ccc1CC2. The predicted octanol–water partition coefficient (Wildman–Crippen LogP) is 6.05. The monoisotopic (exact) mass is 292 g/mol. The maximum atomic E-state index is 2.43. The van der Waals surface area contributed by atoms with Crippen LogP contribution in [0.1, 0.15) is 63.8 Å². The maximum absolute atomic E-state index is 2.43. The molecule has 3 rings (SSSR count). The summed E-state index contributed by atoms with van der Waals surface area (Å²) < 4.78 is 0. The van der Waals surface area contributed by atoms with E-state index in [0.29, 0.717) is 0 Å². The van der Waals surface area contributed by atoms with E-state index in [1.54, 1.807) is 0 Å². The highest BCUT2D eigenvalue weighted by Crippen LogP contribution is 2.38. The molecule has 1 aliphatic rings. The van der Waals surface area contributed by atoms with E-state index in [-0.39, 0.29) is 10.8 Å². The van der Waals surface area contributed by atoms with Crippen LogP contribution in [0.2, 0.25) is 0 Å². The number of rotatable bonds is 0. The van der Waals surface area contributed by atoms with Crippen molar-refractivity contribution in [2.75, 3.05) is 0 Å². The van der Waals surface area contributed by atoms with Crippen molar-refractivity contribution in [3.63, 3.8) is 0 Å². The molecule has 0 amide bonds. The van der Waals surface area contributed by atoms with Gasteiger partial charge in [0.2, 0.25) is 0 Å². The standard InChI is InChI=1S/C22H28/c1-21(2,3)17-11-9-15-7-8-16-10-12-18(22(4,5)6)14-20(16)19(15)13-17/h9-14H,7-8H2,1-6H3. The van der Waals surface area contributed by atoms with E-state index in [1.807, 2.05) is 0 Å². The number of benzene rings is 2. The molecule has 0 heterocycles. The van der Waals surface area contributed by atoms with Gasteiger partial charge in [-0.05, 0) is 57.1 Å². The first-order valence-electron chi connectivity index (χ1n) is 8.43. The Balaban J connectivity index is 2.18. The van der Waals surface area contributed by atoms with Gasteiger partial charge < -0.3 is 0 Å². The number of aryl methyl sites for hydroxylation is 2. The lowest BCUT2D eigenvalue weighted by Gasteiger charge is -2.27. The third-order valence-corrected chi connectivity index (χ3v) is 4.91. The van der Waals surface area contributed by atoms with Crippen LogP contribution in [0.25, 0.3) is 11.1 Å². The Kier molecular flexibility index (Phi) is 3.47. The number of fused-ring (bicyclic) bond motifs is 3. The second-order valence-corrected chi connectivity index (χ2v) is 8.74. The molecule has 2 aromatic carbocycles. The van der Waals surface area contributed by atoms with Crippen LogP contribution in [0.5, 0.6) is 0 Å². The van der Waals surface area contributed by atoms with Crippen LogP contribution >= 0.6 is 0 Å². The fourth-order valence-corrected chi connectivity index (χ4v) is 3.29. The zero-order valence-corrected chi connectivity index (χ0v) is 14.9. The van der Waals surface area contributed by atoms with Gasteiger partial charge in [-0.3, -0.25) is 0 Å². The average molecular weight is 292 g/mol. The maximum Gasteiger partial charge on any atom is -0.0132 e. The highest BCUT2D eigenvalue weighted by atomic mass is 14.3. The number of hydrogen-bond acceptors (Lipinski definition) is 0. The van der Waals surface area contributed by atoms with Crippen molar-refractivity contribution in [2.45, 2.75) is 65.2 Å². The molecule has 0 saturated heterocycles. The van der Waals surface area contributed by atoms with Gasteiger partial charge in [0.15, 0.2) is 0 Å². The normalized spacial score (nSPS) is 14.5. The molecule has 0 unspecified atom stereocenters. The van der Waals surface area contributed by atoms with Crippen molar-refractivity contribution in [1.29, 1.82) is 0 Å². The Morgan fingerprint density at radius 1 is 0.591 bits per heavy atom. The molecule has 0 heteroatoms. The molecule has 2 aromatic rings. The van der Waals surface area contributed by atoms with Crippen LogP contribution in [0.3, 0.4) is 0 Å². The summed E-state index contributed by atoms with van der Waals surface area (Å²) in [4.78, 5) is 0. The quantitative estimate of drug-likeness (QED) is 0.554. The molecule has 116 valence electrons. The lowest BCUT2D eigenvalue weighted by Crippen LogP contribution is -2.15. The smallest absolute Gasteiger partial charge is 0.0132 e. The van der Waals surface area contributed by atoms with Crippen LogP contribution in [0.15, 0.2) is 36.4 Å². The summed E-state index contributed by atoms with van der Waals surface area (Å²) in [5.41, 5.74) is 9.20. The van der Waals surface area contributed by atoms with Gasteiger partial charge >= 0.3 is 0 Å². The highest BCUT2D eigenvalue weighted by Gasteiger charge is 2.22. The molecule has 0 aromatic heterocycles. The van der Waals surface area contributed by atoms with E-state index in [1.165, 1.54) is 46.2 Å². The minimum Gasteiger partial charge on any atom is -0.0582 e. The molecule has 0 nitrogen and oxygen atoms in total. The molecular weight excluding hydrogens is 264 g/mol. The van der Waals surface area contributed by atoms with E-state index in [2.05, 4.69) is 77.9 Å². The third-order valence-electron chi connectivity index (χ3n) is 4.91. The van der Waals surface area contributed by atoms with Crippen molar-refractivity contribution in [3.8, 4) is 11.1 Å². The van der Waals surface area contributed by atoms with E-state index >= 15 is 0 Å². The predicted molar refractivity (Wildman–Crippen MR) is 96.7 cm³/mol. The summed E-state index contributed by atoms with van der Waals surface area (Å²) in [6, 6.07) is 14.2. The zero-order chi connectivity index (χ0) is 16.1. The summed E-state index contributed by atoms with van der Waals surface area (Å²) in [5, 5.41) is 0. The summed E-state index contributed by atoms with van der Waals surface area (Å²) in [7, 11) is 0. The summed E-state index contributed by atoms with van der Waals surface area (Å²) in [5.74, 6) is 0. The van der Waals surface area contributed by atoms with Gasteiger partial charge in [0.1, 0.15) is 0 Å². The molecule has 1 aliphatic carbocycles. The minimum absolute atomic E-state index is 0.203. The van der Waals surface area contributed by atoms with Gasteiger partial charge in [0.25, 0.3) is 0 Å². The lowest BCUT2D eigenvalue weighted by molar-refractivity contribution is 0.588. The average Bonchev–Trinajstić information content (AvgIpc) is 2.44. The van der Waals surface area contributed by atoms with Crippen LogP contribution in [-0.2, 0) is 23.7 Å². The van der Waals surface area contributed by atoms with Crippen molar-refractivity contribution >= 4 is 0 Å². The molecule has 22 heavy (non-hydrogen) atoms. The van der Waals surface area contributed by atoms with Crippen molar-refractivity contribution in [1.82, 2.24) is 0 Å². The second kappa shape index (κ2) is 4.98. The van der Waals surface area contributed by atoms with E-state index in [4.69, 9.17) is 0 Å². The fraction of sp³-hybridized carbons (Fsp3) is 0.455. The molecule has 0 aliphatic heterocycles. The van der Waals surface area contributed by atoms with E-state index in [9.17, 15) is 0 Å². The Hall–Kier alpha value is -1.56. The highest BCUT2D eigenvalue weighted by molar-refractivity contribution is 5.74. The molecule has 0 radical (unpaired) electrons. The Labute approximate surface area is 135 Å². The molecular formula is C22H28. The van der Waals surface area contributed by atoms with E-state index < -0.39 is 0 Å². The van der Waals surface area contributed by atoms with E-state index in [0.717, 1.165) is 0 Å². The number of hydrogen-bond donors (Lipinski definition) is 0. The van der Waals surface area contributed by atoms with Crippen molar-refractivity contribution in [2.24, 2.45) is 0 Å². The lowest BCUT2D eigenvalue weighted by atomic mass is 9.77. The van der Waals surface area contributed by atoms with Gasteiger partial charge in [-0.25, -0.2) is 0 Å². The van der Waals surface area contributed by atoms with Crippen molar-refractivity contribution < 1.29 is 0 Å². The summed E-state index contributed by atoms with van der Waals surface area (Å²) in [6.07, 6.45) is 2.34. The molecule has 0 fully saturated rings. The molecule has 0 N–H and O–H groups in total. The van der Waals surface area contributed by atoms with Gasteiger partial charge in [0, 0.05) is 0 Å². The first kappa shape index (κ1) is 15.3. The molecule has 0 spiro atoms. The van der Waals surface area contributed by atoms with Crippen LogP contribution < -0.4 is 0 Å². The summed E-state index contributed by atoms with van der Waals surface area (Å²) >= 11 is 0. The molecule has 0 bridgehead atoms. The Morgan fingerprint density at radius 3 is 1.27 bits per heavy atom. The van der Waals surface area contributed by atoms with Crippen LogP contribution in [0, 0.1) is 0 Å². The van der Waals surface area contributed by atoms with Gasteiger partial charge in [-0.2, -0.15) is 0 Å². The first-order chi connectivity index (χ1) is 10.2.